The summed E-state index contributed by atoms with van der Waals surface area (Å²) in [5.74, 6) is -0.573. The zero-order valence-corrected chi connectivity index (χ0v) is 21.6. The summed E-state index contributed by atoms with van der Waals surface area (Å²) in [4.78, 5) is 24.4. The number of carbonyl (C=O) groups is 1. The lowest BCUT2D eigenvalue weighted by molar-refractivity contribution is -0.119. The Bertz CT molecular complexity index is 1530. The van der Waals surface area contributed by atoms with E-state index in [4.69, 9.17) is 13.7 Å². The third-order valence-electron chi connectivity index (χ3n) is 6.18. The highest BCUT2D eigenvalue weighted by molar-refractivity contribution is 7.87. The van der Waals surface area contributed by atoms with Crippen LogP contribution in [-0.4, -0.2) is 33.7 Å². The SMILES string of the molecule is COc1c(OS(=O)(=O)c2ccc(C)cc2)cc2c(c1OC)-c1ccc(O)c(=O)cc1C(NC(C)=O)CC2. The van der Waals surface area contributed by atoms with Gasteiger partial charge in [-0.3, -0.25) is 9.59 Å². The van der Waals surface area contributed by atoms with Gasteiger partial charge < -0.3 is 24.1 Å². The van der Waals surface area contributed by atoms with E-state index in [1.54, 1.807) is 24.3 Å². The number of aromatic hydroxyl groups is 1. The van der Waals surface area contributed by atoms with Crippen LogP contribution in [0.2, 0.25) is 0 Å². The molecular weight excluding hydrogens is 498 g/mol. The minimum absolute atomic E-state index is 0.0180. The first-order valence-corrected chi connectivity index (χ1v) is 12.9. The van der Waals surface area contributed by atoms with Gasteiger partial charge in [-0.25, -0.2) is 0 Å². The molecule has 1 unspecified atom stereocenters. The van der Waals surface area contributed by atoms with Crippen LogP contribution >= 0.6 is 0 Å². The molecule has 0 spiro atoms. The first-order chi connectivity index (χ1) is 17.6. The molecule has 9 nitrogen and oxygen atoms in total. The topological polar surface area (TPSA) is 128 Å². The lowest BCUT2D eigenvalue weighted by atomic mass is 9.95. The maximum atomic E-state index is 13.1. The quantitative estimate of drug-likeness (QED) is 0.467. The Labute approximate surface area is 214 Å². The Morgan fingerprint density at radius 3 is 2.32 bits per heavy atom. The molecule has 0 aliphatic heterocycles. The summed E-state index contributed by atoms with van der Waals surface area (Å²) in [6.45, 7) is 3.22. The number of carbonyl (C=O) groups excluding carboxylic acids is 1. The molecule has 1 aliphatic rings. The number of fused-ring (bicyclic) bond motifs is 3. The number of hydrogen-bond donors (Lipinski definition) is 2. The summed E-state index contributed by atoms with van der Waals surface area (Å²) in [6.07, 6.45) is 0.781. The molecule has 1 aliphatic carbocycles. The molecule has 0 saturated carbocycles. The summed E-state index contributed by atoms with van der Waals surface area (Å²) in [7, 11) is -1.43. The van der Waals surface area contributed by atoms with E-state index in [1.165, 1.54) is 45.4 Å². The van der Waals surface area contributed by atoms with E-state index in [0.717, 1.165) is 5.56 Å². The van der Waals surface area contributed by atoms with Crippen molar-refractivity contribution in [3.05, 3.63) is 75.4 Å². The van der Waals surface area contributed by atoms with Crippen molar-refractivity contribution in [2.75, 3.05) is 14.2 Å². The van der Waals surface area contributed by atoms with Gasteiger partial charge in [-0.05, 0) is 66.8 Å². The zero-order valence-electron chi connectivity index (χ0n) is 20.8. The minimum Gasteiger partial charge on any atom is -0.504 e. The van der Waals surface area contributed by atoms with Crippen molar-refractivity contribution >= 4 is 16.0 Å². The second-order valence-electron chi connectivity index (χ2n) is 8.71. The summed E-state index contributed by atoms with van der Waals surface area (Å²) in [5, 5.41) is 13.0. The number of aryl methyl sites for hydroxylation is 2. The van der Waals surface area contributed by atoms with Crippen LogP contribution in [-0.2, 0) is 21.3 Å². The number of methoxy groups -OCH3 is 2. The molecule has 194 valence electrons. The highest BCUT2D eigenvalue weighted by atomic mass is 32.2. The fraction of sp³-hybridized carbons (Fsp3) is 0.259. The molecule has 10 heteroatoms. The van der Waals surface area contributed by atoms with Crippen molar-refractivity contribution < 1.29 is 32.0 Å². The predicted octanol–water partition coefficient (Wildman–Crippen LogP) is 3.64. The Balaban J connectivity index is 1.95. The summed E-state index contributed by atoms with van der Waals surface area (Å²) in [6, 6.07) is 11.4. The molecule has 3 aromatic rings. The van der Waals surface area contributed by atoms with Gasteiger partial charge in [0.25, 0.3) is 0 Å². The van der Waals surface area contributed by atoms with Crippen LogP contribution in [0.1, 0.15) is 36.1 Å². The van der Waals surface area contributed by atoms with E-state index in [0.29, 0.717) is 35.1 Å². The van der Waals surface area contributed by atoms with Crippen LogP contribution in [0.5, 0.6) is 23.0 Å². The smallest absolute Gasteiger partial charge is 0.339 e. The van der Waals surface area contributed by atoms with Crippen LogP contribution in [0.4, 0.5) is 0 Å². The van der Waals surface area contributed by atoms with Crippen LogP contribution in [0.15, 0.2) is 58.2 Å². The highest BCUT2D eigenvalue weighted by Gasteiger charge is 2.31. The second kappa shape index (κ2) is 10.1. The number of benzene rings is 2. The van der Waals surface area contributed by atoms with E-state index >= 15 is 0 Å². The molecule has 1 atom stereocenters. The fourth-order valence-corrected chi connectivity index (χ4v) is 5.41. The minimum atomic E-state index is -4.20. The van der Waals surface area contributed by atoms with Crippen LogP contribution in [0.3, 0.4) is 0 Å². The Hall–Kier alpha value is -4.05. The number of rotatable bonds is 6. The van der Waals surface area contributed by atoms with Crippen molar-refractivity contribution in [2.45, 2.75) is 37.6 Å². The van der Waals surface area contributed by atoms with Gasteiger partial charge in [-0.15, -0.1) is 0 Å². The lowest BCUT2D eigenvalue weighted by Gasteiger charge is -2.20. The number of nitrogens with one attached hydrogen (secondary N) is 1. The second-order valence-corrected chi connectivity index (χ2v) is 10.3. The van der Waals surface area contributed by atoms with Crippen molar-refractivity contribution in [3.8, 4) is 34.1 Å². The van der Waals surface area contributed by atoms with Crippen molar-refractivity contribution in [1.29, 1.82) is 0 Å². The molecule has 0 saturated heterocycles. The maximum absolute atomic E-state index is 13.1. The number of amides is 1. The molecule has 0 heterocycles. The molecule has 0 radical (unpaired) electrons. The van der Waals surface area contributed by atoms with E-state index in [2.05, 4.69) is 5.32 Å². The first kappa shape index (κ1) is 26.0. The summed E-state index contributed by atoms with van der Waals surface area (Å²) < 4.78 is 43.0. The molecule has 3 aromatic carbocycles. The van der Waals surface area contributed by atoms with Crippen molar-refractivity contribution in [2.24, 2.45) is 0 Å². The summed E-state index contributed by atoms with van der Waals surface area (Å²) in [5.41, 5.74) is 2.50. The fourth-order valence-electron chi connectivity index (χ4n) is 4.48. The average molecular weight is 526 g/mol. The van der Waals surface area contributed by atoms with Crippen molar-refractivity contribution in [1.82, 2.24) is 5.32 Å². The predicted molar refractivity (Wildman–Crippen MR) is 137 cm³/mol. The van der Waals surface area contributed by atoms with E-state index in [-0.39, 0.29) is 28.1 Å². The van der Waals surface area contributed by atoms with E-state index in [9.17, 15) is 23.1 Å². The Morgan fingerprint density at radius 2 is 1.70 bits per heavy atom. The van der Waals surface area contributed by atoms with Gasteiger partial charge >= 0.3 is 10.1 Å². The zero-order chi connectivity index (χ0) is 26.9. The van der Waals surface area contributed by atoms with Crippen LogP contribution < -0.4 is 24.4 Å². The van der Waals surface area contributed by atoms with Crippen LogP contribution in [0, 0.1) is 6.92 Å². The largest absolute Gasteiger partial charge is 0.504 e. The Morgan fingerprint density at radius 1 is 1.03 bits per heavy atom. The van der Waals surface area contributed by atoms with Gasteiger partial charge in [0.15, 0.2) is 17.2 Å². The third kappa shape index (κ3) is 5.10. The monoisotopic (exact) mass is 525 g/mol. The molecule has 0 aromatic heterocycles. The normalized spacial score (nSPS) is 14.5. The van der Waals surface area contributed by atoms with Gasteiger partial charge in [0.05, 0.1) is 20.3 Å². The third-order valence-corrected chi connectivity index (χ3v) is 7.43. The Kier molecular flexibility index (Phi) is 7.13. The first-order valence-electron chi connectivity index (χ1n) is 11.5. The standard InChI is InChI=1S/C27H27NO8S/c1-15-5-8-18(9-6-15)37(32,33)36-24-13-17-7-11-21(28-16(2)29)20-14-23(31)22(30)12-10-19(20)25(17)27(35-4)26(24)34-3/h5-6,8-10,12-14,21H,7,11H2,1-4H3,(H,28,29)(H,30,31). The van der Waals surface area contributed by atoms with Crippen molar-refractivity contribution in [3.63, 3.8) is 0 Å². The molecule has 0 fully saturated rings. The lowest BCUT2D eigenvalue weighted by Crippen LogP contribution is -2.26. The molecular formula is C27H27NO8S. The number of ether oxygens (including phenoxy) is 2. The van der Waals surface area contributed by atoms with Gasteiger partial charge in [0, 0.05) is 12.5 Å². The summed E-state index contributed by atoms with van der Waals surface area (Å²) >= 11 is 0. The van der Waals surface area contributed by atoms with Gasteiger partial charge in [-0.1, -0.05) is 23.8 Å². The van der Waals surface area contributed by atoms with Gasteiger partial charge in [-0.2, -0.15) is 8.42 Å². The average Bonchev–Trinajstić information content (AvgIpc) is 3.07. The molecule has 4 rings (SSSR count). The maximum Gasteiger partial charge on any atom is 0.339 e. The molecule has 37 heavy (non-hydrogen) atoms. The molecule has 2 N–H and O–H groups in total. The molecule has 0 bridgehead atoms. The van der Waals surface area contributed by atoms with Crippen LogP contribution in [0.25, 0.3) is 11.1 Å². The van der Waals surface area contributed by atoms with E-state index < -0.39 is 27.3 Å². The van der Waals surface area contributed by atoms with Gasteiger partial charge in [0.2, 0.25) is 17.1 Å². The van der Waals surface area contributed by atoms with E-state index in [1.807, 2.05) is 6.92 Å². The number of hydrogen-bond acceptors (Lipinski definition) is 8. The van der Waals surface area contributed by atoms with Gasteiger partial charge in [0.1, 0.15) is 4.90 Å². The molecule has 1 amide bonds. The highest BCUT2D eigenvalue weighted by Crippen LogP contribution is 2.50.